The number of ether oxygens (including phenoxy) is 2. The van der Waals surface area contributed by atoms with Gasteiger partial charge in [-0.25, -0.2) is 0 Å². The summed E-state index contributed by atoms with van der Waals surface area (Å²) in [6.45, 7) is 2.45. The van der Waals surface area contributed by atoms with Crippen LogP contribution in [0.5, 0.6) is 0 Å². The maximum absolute atomic E-state index is 10.1. The summed E-state index contributed by atoms with van der Waals surface area (Å²) >= 11 is 0. The van der Waals surface area contributed by atoms with Gasteiger partial charge in [-0.15, -0.1) is 0 Å². The van der Waals surface area contributed by atoms with E-state index in [9.17, 15) is 9.59 Å². The molecule has 60 valence electrons. The molecule has 0 amide bonds. The van der Waals surface area contributed by atoms with E-state index < -0.39 is 11.9 Å². The molecule has 0 atom stereocenters. The van der Waals surface area contributed by atoms with Crippen molar-refractivity contribution in [2.45, 2.75) is 13.8 Å². The number of esters is 2. The van der Waals surface area contributed by atoms with Gasteiger partial charge in [0.25, 0.3) is 0 Å². The molecule has 4 heteroatoms. The third-order valence-corrected chi connectivity index (χ3v) is 0.615. The van der Waals surface area contributed by atoms with Gasteiger partial charge < -0.3 is 9.47 Å². The Morgan fingerprint density at radius 2 is 1.91 bits per heavy atom. The Bertz CT molecular complexity index is 208. The standard InChI is InChI=1S/C7H8O4/c1-6(8)10-4-3-5-11-7(2)9/h4H2,1-2H3. The summed E-state index contributed by atoms with van der Waals surface area (Å²) < 4.78 is 8.65. The number of carbonyl (C=O) groups excluding carboxylic acids is 2. The van der Waals surface area contributed by atoms with Crippen LogP contribution in [0.4, 0.5) is 0 Å². The Labute approximate surface area is 64.5 Å². The monoisotopic (exact) mass is 156 g/mol. The quantitative estimate of drug-likeness (QED) is 0.398. The minimum absolute atomic E-state index is 0.0530. The topological polar surface area (TPSA) is 52.6 Å². The van der Waals surface area contributed by atoms with Crippen LogP contribution in [-0.2, 0) is 19.1 Å². The summed E-state index contributed by atoms with van der Waals surface area (Å²) in [4.78, 5) is 20.3. The smallest absolute Gasteiger partial charge is 0.316 e. The van der Waals surface area contributed by atoms with Crippen LogP contribution in [0.25, 0.3) is 0 Å². The maximum Gasteiger partial charge on any atom is 0.316 e. The van der Waals surface area contributed by atoms with E-state index in [2.05, 4.69) is 21.5 Å². The van der Waals surface area contributed by atoms with E-state index in [1.165, 1.54) is 13.8 Å². The minimum Gasteiger partial charge on any atom is -0.453 e. The van der Waals surface area contributed by atoms with Crippen molar-refractivity contribution in [2.24, 2.45) is 0 Å². The van der Waals surface area contributed by atoms with E-state index >= 15 is 0 Å². The molecule has 0 aromatic heterocycles. The number of hydrogen-bond donors (Lipinski definition) is 0. The lowest BCUT2D eigenvalue weighted by molar-refractivity contribution is -0.139. The fourth-order valence-electron chi connectivity index (χ4n) is 0.275. The Morgan fingerprint density at radius 1 is 1.27 bits per heavy atom. The van der Waals surface area contributed by atoms with E-state index in [4.69, 9.17) is 0 Å². The highest BCUT2D eigenvalue weighted by atomic mass is 16.5. The normalized spacial score (nSPS) is 7.45. The second kappa shape index (κ2) is 5.30. The second-order valence-electron chi connectivity index (χ2n) is 1.65. The average molecular weight is 156 g/mol. The van der Waals surface area contributed by atoms with Crippen LogP contribution in [0.3, 0.4) is 0 Å². The molecule has 0 rings (SSSR count). The molecule has 0 bridgehead atoms. The lowest BCUT2D eigenvalue weighted by atomic mass is 10.7. The summed E-state index contributed by atoms with van der Waals surface area (Å²) in [5, 5.41) is 0. The lowest BCUT2D eigenvalue weighted by Gasteiger charge is -1.90. The Hall–Kier alpha value is -1.50. The molecule has 0 aliphatic heterocycles. The van der Waals surface area contributed by atoms with Crippen molar-refractivity contribution in [1.29, 1.82) is 0 Å². The summed E-state index contributed by atoms with van der Waals surface area (Å²) in [5.41, 5.74) is 0. The highest BCUT2D eigenvalue weighted by molar-refractivity contribution is 5.67. The van der Waals surface area contributed by atoms with Crippen molar-refractivity contribution in [1.82, 2.24) is 0 Å². The first-order chi connectivity index (χ1) is 5.13. The molecule has 4 nitrogen and oxygen atoms in total. The fraction of sp³-hybridized carbons (Fsp3) is 0.429. The SMILES string of the molecule is CC(=O)OC#CCOC(C)=O. The predicted octanol–water partition coefficient (Wildman–Crippen LogP) is 0.0735. The van der Waals surface area contributed by atoms with E-state index in [0.717, 1.165) is 0 Å². The molecule has 0 aliphatic rings. The van der Waals surface area contributed by atoms with Crippen LogP contribution in [0.1, 0.15) is 13.8 Å². The Kier molecular flexibility index (Phi) is 4.58. The Morgan fingerprint density at radius 3 is 2.36 bits per heavy atom. The highest BCUT2D eigenvalue weighted by Gasteiger charge is 1.87. The molecule has 0 spiro atoms. The minimum atomic E-state index is -0.486. The van der Waals surface area contributed by atoms with Gasteiger partial charge in [0.05, 0.1) is 0 Å². The van der Waals surface area contributed by atoms with Crippen molar-refractivity contribution in [3.05, 3.63) is 0 Å². The highest BCUT2D eigenvalue weighted by Crippen LogP contribution is 1.74. The van der Waals surface area contributed by atoms with Crippen molar-refractivity contribution in [3.63, 3.8) is 0 Å². The van der Waals surface area contributed by atoms with Crippen LogP contribution in [-0.4, -0.2) is 18.5 Å². The molecule has 0 unspecified atom stereocenters. The number of rotatable bonds is 1. The van der Waals surface area contributed by atoms with Crippen LogP contribution < -0.4 is 0 Å². The van der Waals surface area contributed by atoms with Gasteiger partial charge in [-0.3, -0.25) is 9.59 Å². The molecule has 0 saturated carbocycles. The molecule has 0 fully saturated rings. The third kappa shape index (κ3) is 8.50. The van der Waals surface area contributed by atoms with Crippen molar-refractivity contribution < 1.29 is 19.1 Å². The lowest BCUT2D eigenvalue weighted by Crippen LogP contribution is -1.98. The third-order valence-electron chi connectivity index (χ3n) is 0.615. The summed E-state index contributed by atoms with van der Waals surface area (Å²) in [5.74, 6) is 1.41. The molecular formula is C7H8O4. The first-order valence-electron chi connectivity index (χ1n) is 2.91. The zero-order valence-electron chi connectivity index (χ0n) is 6.34. The first kappa shape index (κ1) is 9.50. The van der Waals surface area contributed by atoms with Crippen LogP contribution >= 0.6 is 0 Å². The molecular weight excluding hydrogens is 148 g/mol. The van der Waals surface area contributed by atoms with Crippen molar-refractivity contribution >= 4 is 11.9 Å². The molecule has 0 radical (unpaired) electrons. The van der Waals surface area contributed by atoms with Crippen LogP contribution in [0.15, 0.2) is 0 Å². The van der Waals surface area contributed by atoms with Gasteiger partial charge in [0.1, 0.15) is 6.11 Å². The molecule has 0 N–H and O–H groups in total. The van der Waals surface area contributed by atoms with Gasteiger partial charge in [0, 0.05) is 13.8 Å². The zero-order chi connectivity index (χ0) is 8.69. The fourth-order valence-corrected chi connectivity index (χ4v) is 0.275. The van der Waals surface area contributed by atoms with Crippen molar-refractivity contribution in [2.75, 3.05) is 6.61 Å². The molecule has 0 aliphatic carbocycles. The second-order valence-corrected chi connectivity index (χ2v) is 1.65. The first-order valence-corrected chi connectivity index (χ1v) is 2.91. The average Bonchev–Trinajstić information content (AvgIpc) is 1.85. The van der Waals surface area contributed by atoms with E-state index in [1.807, 2.05) is 0 Å². The molecule has 0 heterocycles. The van der Waals surface area contributed by atoms with Gasteiger partial charge in [0.15, 0.2) is 6.61 Å². The van der Waals surface area contributed by atoms with Gasteiger partial charge >= 0.3 is 11.9 Å². The Balaban J connectivity index is 3.41. The molecule has 11 heavy (non-hydrogen) atoms. The van der Waals surface area contributed by atoms with Crippen LogP contribution in [0, 0.1) is 12.0 Å². The molecule has 0 aromatic rings. The largest absolute Gasteiger partial charge is 0.453 e. The number of carbonyl (C=O) groups is 2. The van der Waals surface area contributed by atoms with Gasteiger partial charge in [-0.2, -0.15) is 0 Å². The number of hydrogen-bond acceptors (Lipinski definition) is 4. The van der Waals surface area contributed by atoms with Gasteiger partial charge in [-0.05, 0) is 5.92 Å². The van der Waals surface area contributed by atoms with E-state index in [1.54, 1.807) is 0 Å². The zero-order valence-corrected chi connectivity index (χ0v) is 6.34. The summed E-state index contributed by atoms with van der Waals surface area (Å²) in [6, 6.07) is 0. The molecule has 0 aromatic carbocycles. The van der Waals surface area contributed by atoms with Gasteiger partial charge in [0.2, 0.25) is 0 Å². The summed E-state index contributed by atoms with van der Waals surface area (Å²) in [7, 11) is 0. The predicted molar refractivity (Wildman–Crippen MR) is 36.2 cm³/mol. The maximum atomic E-state index is 10.1. The summed E-state index contributed by atoms with van der Waals surface area (Å²) in [6.07, 6.45) is 2.06. The van der Waals surface area contributed by atoms with Gasteiger partial charge in [-0.1, -0.05) is 0 Å². The molecule has 0 saturated heterocycles. The van der Waals surface area contributed by atoms with Crippen molar-refractivity contribution in [3.8, 4) is 12.0 Å². The van der Waals surface area contributed by atoms with E-state index in [-0.39, 0.29) is 6.61 Å². The van der Waals surface area contributed by atoms with E-state index in [0.29, 0.717) is 0 Å². The van der Waals surface area contributed by atoms with Crippen LogP contribution in [0.2, 0.25) is 0 Å².